The van der Waals surface area contributed by atoms with Gasteiger partial charge in [-0.05, 0) is 77.1 Å². The molecule has 3 heteroatoms. The maximum Gasteiger partial charge on any atom is 0.133 e. The zero-order chi connectivity index (χ0) is 22.7. The van der Waals surface area contributed by atoms with Crippen LogP contribution < -0.4 is 4.90 Å². The topological polar surface area (TPSA) is 23.6 Å². The van der Waals surface area contributed by atoms with Gasteiger partial charge in [-0.25, -0.2) is 0 Å². The molecule has 2 unspecified atom stereocenters. The van der Waals surface area contributed by atoms with E-state index in [0.717, 1.165) is 44.8 Å². The zero-order valence-corrected chi connectivity index (χ0v) is 21.1. The summed E-state index contributed by atoms with van der Waals surface area (Å²) < 4.78 is 0. The Hall–Kier alpha value is -1.35. The van der Waals surface area contributed by atoms with Crippen LogP contribution in [0.15, 0.2) is 18.2 Å². The van der Waals surface area contributed by atoms with Crippen LogP contribution in [-0.2, 0) is 4.79 Å². The van der Waals surface area contributed by atoms with Gasteiger partial charge in [0.05, 0.1) is 0 Å². The number of carbonyl (C=O) groups is 1. The average Bonchev–Trinajstić information content (AvgIpc) is 2.70. The fourth-order valence-corrected chi connectivity index (χ4v) is 4.79. The van der Waals surface area contributed by atoms with Crippen LogP contribution in [0.3, 0.4) is 0 Å². The van der Waals surface area contributed by atoms with E-state index in [1.165, 1.54) is 36.1 Å². The lowest BCUT2D eigenvalue weighted by molar-refractivity contribution is -0.123. The average molecular weight is 417 g/mol. The summed E-state index contributed by atoms with van der Waals surface area (Å²) >= 11 is 0. The molecule has 172 valence electrons. The maximum absolute atomic E-state index is 12.4. The summed E-state index contributed by atoms with van der Waals surface area (Å²) in [7, 11) is 4.42. The number of aryl methyl sites for hydroxylation is 2. The Morgan fingerprint density at radius 2 is 1.63 bits per heavy atom. The van der Waals surface area contributed by atoms with Crippen molar-refractivity contribution in [3.8, 4) is 0 Å². The maximum atomic E-state index is 12.4. The second-order valence-electron chi connectivity index (χ2n) is 9.49. The summed E-state index contributed by atoms with van der Waals surface area (Å²) in [4.78, 5) is 17.2. The van der Waals surface area contributed by atoms with E-state index >= 15 is 0 Å². The molecule has 1 rings (SSSR count). The third-order valence-corrected chi connectivity index (χ3v) is 6.94. The van der Waals surface area contributed by atoms with Gasteiger partial charge in [0.25, 0.3) is 0 Å². The van der Waals surface area contributed by atoms with E-state index in [4.69, 9.17) is 0 Å². The third kappa shape index (κ3) is 8.79. The number of hydrogen-bond donors (Lipinski definition) is 0. The van der Waals surface area contributed by atoms with Crippen molar-refractivity contribution in [2.45, 2.75) is 80.1 Å². The smallest absolute Gasteiger partial charge is 0.133 e. The molecule has 0 radical (unpaired) electrons. The highest BCUT2D eigenvalue weighted by Gasteiger charge is 2.27. The van der Waals surface area contributed by atoms with Gasteiger partial charge in [-0.3, -0.25) is 4.79 Å². The second-order valence-corrected chi connectivity index (χ2v) is 9.49. The van der Waals surface area contributed by atoms with Crippen molar-refractivity contribution in [1.82, 2.24) is 4.90 Å². The van der Waals surface area contributed by atoms with Crippen LogP contribution in [0.25, 0.3) is 0 Å². The van der Waals surface area contributed by atoms with Gasteiger partial charge in [-0.1, -0.05) is 57.7 Å². The number of carbonyl (C=O) groups excluding carboxylic acids is 1. The van der Waals surface area contributed by atoms with Gasteiger partial charge in [-0.15, -0.1) is 0 Å². The SMILES string of the molecule is CCCC(C(C)=O)C(CCN(C)CCN(C)c1ccc(C)cc1C)CC(CC)CC. The summed E-state index contributed by atoms with van der Waals surface area (Å²) in [6, 6.07) is 6.69. The number of likely N-dealkylation sites (N-methyl/N-ethyl adjacent to an activating group) is 2. The molecule has 0 aromatic heterocycles. The quantitative estimate of drug-likeness (QED) is 0.325. The van der Waals surface area contributed by atoms with Crippen LogP contribution in [0.2, 0.25) is 0 Å². The Bertz CT molecular complexity index is 623. The number of hydrogen-bond acceptors (Lipinski definition) is 3. The van der Waals surface area contributed by atoms with Crippen LogP contribution in [0.4, 0.5) is 5.69 Å². The molecule has 1 aromatic carbocycles. The van der Waals surface area contributed by atoms with Crippen LogP contribution in [0.5, 0.6) is 0 Å². The Labute approximate surface area is 187 Å². The number of benzene rings is 1. The predicted molar refractivity (Wildman–Crippen MR) is 133 cm³/mol. The van der Waals surface area contributed by atoms with E-state index in [2.05, 4.69) is 76.7 Å². The summed E-state index contributed by atoms with van der Waals surface area (Å²) in [5, 5.41) is 0. The molecule has 0 N–H and O–H groups in total. The number of nitrogens with zero attached hydrogens (tertiary/aromatic N) is 2. The molecule has 30 heavy (non-hydrogen) atoms. The molecule has 3 nitrogen and oxygen atoms in total. The molecule has 0 amide bonds. The third-order valence-electron chi connectivity index (χ3n) is 6.94. The van der Waals surface area contributed by atoms with Gasteiger partial charge in [0, 0.05) is 31.7 Å². The molecule has 0 saturated heterocycles. The molecule has 0 saturated carbocycles. The van der Waals surface area contributed by atoms with Crippen molar-refractivity contribution in [2.75, 3.05) is 38.6 Å². The number of anilines is 1. The number of ketones is 1. The minimum Gasteiger partial charge on any atom is -0.373 e. The fourth-order valence-electron chi connectivity index (χ4n) is 4.79. The largest absolute Gasteiger partial charge is 0.373 e. The summed E-state index contributed by atoms with van der Waals surface area (Å²) in [6.45, 7) is 16.1. The van der Waals surface area contributed by atoms with E-state index in [1.807, 2.05) is 6.92 Å². The van der Waals surface area contributed by atoms with E-state index in [-0.39, 0.29) is 5.92 Å². The van der Waals surface area contributed by atoms with E-state index in [0.29, 0.717) is 11.7 Å². The lowest BCUT2D eigenvalue weighted by atomic mass is 9.77. The standard InChI is InChI=1S/C27H48N2O/c1-9-12-26(23(6)30)25(20-24(10-2)11-3)15-16-28(7)17-18-29(8)27-14-13-21(4)19-22(27)5/h13-14,19,24-26H,9-12,15-18,20H2,1-8H3. The highest BCUT2D eigenvalue weighted by atomic mass is 16.1. The number of rotatable bonds is 15. The van der Waals surface area contributed by atoms with Crippen molar-refractivity contribution in [1.29, 1.82) is 0 Å². The van der Waals surface area contributed by atoms with Gasteiger partial charge >= 0.3 is 0 Å². The predicted octanol–water partition coefficient (Wildman–Crippen LogP) is 6.51. The molecular weight excluding hydrogens is 368 g/mol. The summed E-state index contributed by atoms with van der Waals surface area (Å²) in [5.74, 6) is 1.90. The summed E-state index contributed by atoms with van der Waals surface area (Å²) in [6.07, 6.45) is 6.91. The highest BCUT2D eigenvalue weighted by molar-refractivity contribution is 5.78. The van der Waals surface area contributed by atoms with Gasteiger partial charge in [0.2, 0.25) is 0 Å². The lowest BCUT2D eigenvalue weighted by Gasteiger charge is -2.31. The monoisotopic (exact) mass is 416 g/mol. The van der Waals surface area contributed by atoms with Crippen molar-refractivity contribution in [3.63, 3.8) is 0 Å². The van der Waals surface area contributed by atoms with Crippen molar-refractivity contribution in [2.24, 2.45) is 17.8 Å². The number of Topliss-reactive ketones (excluding diaryl/α,β-unsaturated/α-hetero) is 1. The van der Waals surface area contributed by atoms with Crippen LogP contribution in [0.1, 0.15) is 77.3 Å². The molecular formula is C27H48N2O. The van der Waals surface area contributed by atoms with Crippen LogP contribution in [0, 0.1) is 31.6 Å². The lowest BCUT2D eigenvalue weighted by Crippen LogP contribution is -2.34. The Morgan fingerprint density at radius 1 is 0.967 bits per heavy atom. The first-order valence-electron chi connectivity index (χ1n) is 12.2. The normalized spacial score (nSPS) is 13.7. The van der Waals surface area contributed by atoms with Crippen LogP contribution in [-0.4, -0.2) is 44.4 Å². The van der Waals surface area contributed by atoms with Gasteiger partial charge in [0.1, 0.15) is 5.78 Å². The Balaban J connectivity index is 2.66. The van der Waals surface area contributed by atoms with Crippen LogP contribution >= 0.6 is 0 Å². The second kappa shape index (κ2) is 13.9. The molecule has 2 atom stereocenters. The van der Waals surface area contributed by atoms with Gasteiger partial charge < -0.3 is 9.80 Å². The van der Waals surface area contributed by atoms with E-state index < -0.39 is 0 Å². The first kappa shape index (κ1) is 26.7. The molecule has 0 aliphatic carbocycles. The molecule has 1 aromatic rings. The summed E-state index contributed by atoms with van der Waals surface area (Å²) in [5.41, 5.74) is 3.98. The fraction of sp³-hybridized carbons (Fsp3) is 0.741. The minimum absolute atomic E-state index is 0.238. The molecule has 0 aliphatic rings. The molecule has 0 spiro atoms. The molecule has 0 aliphatic heterocycles. The van der Waals surface area contributed by atoms with Gasteiger partial charge in [-0.2, -0.15) is 0 Å². The highest BCUT2D eigenvalue weighted by Crippen LogP contribution is 2.31. The van der Waals surface area contributed by atoms with Crippen molar-refractivity contribution < 1.29 is 4.79 Å². The van der Waals surface area contributed by atoms with Crippen molar-refractivity contribution in [3.05, 3.63) is 29.3 Å². The Morgan fingerprint density at radius 3 is 2.17 bits per heavy atom. The zero-order valence-electron chi connectivity index (χ0n) is 21.1. The molecule has 0 fully saturated rings. The molecule has 0 bridgehead atoms. The van der Waals surface area contributed by atoms with E-state index in [1.54, 1.807) is 0 Å². The van der Waals surface area contributed by atoms with E-state index in [9.17, 15) is 4.79 Å². The molecule has 0 heterocycles. The van der Waals surface area contributed by atoms with Crippen molar-refractivity contribution >= 4 is 11.5 Å². The van der Waals surface area contributed by atoms with Gasteiger partial charge in [0.15, 0.2) is 0 Å². The minimum atomic E-state index is 0.238. The Kier molecular flexibility index (Phi) is 12.3. The first-order chi connectivity index (χ1) is 14.2. The first-order valence-corrected chi connectivity index (χ1v) is 12.2.